The van der Waals surface area contributed by atoms with Crippen molar-refractivity contribution in [1.82, 2.24) is 9.71 Å². The molecule has 1 amide bonds. The Balaban J connectivity index is 2.97. The summed E-state index contributed by atoms with van der Waals surface area (Å²) in [6.07, 6.45) is -0.551. The van der Waals surface area contributed by atoms with Crippen molar-refractivity contribution < 1.29 is 23.1 Å². The van der Waals surface area contributed by atoms with Gasteiger partial charge in [0.05, 0.1) is 0 Å². The number of aromatic nitrogens is 1. The Labute approximate surface area is 117 Å². The van der Waals surface area contributed by atoms with Gasteiger partial charge in [0.25, 0.3) is 10.0 Å². The summed E-state index contributed by atoms with van der Waals surface area (Å²) in [6, 6.07) is -1.50. The van der Waals surface area contributed by atoms with Gasteiger partial charge in [0.2, 0.25) is 5.91 Å². The number of thiazole rings is 1. The average Bonchev–Trinajstić information content (AvgIpc) is 2.64. The van der Waals surface area contributed by atoms with E-state index in [0.717, 1.165) is 0 Å². The number of nitrogens with two attached hydrogens (primary N) is 1. The van der Waals surface area contributed by atoms with Crippen LogP contribution in [0.2, 0.25) is 0 Å². The van der Waals surface area contributed by atoms with Crippen LogP contribution in [0, 0.1) is 6.92 Å². The highest BCUT2D eigenvalue weighted by molar-refractivity contribution is 7.91. The first kappa shape index (κ1) is 16.3. The molecule has 0 aromatic carbocycles. The zero-order chi connectivity index (χ0) is 15.5. The molecule has 0 saturated carbocycles. The second-order valence-electron chi connectivity index (χ2n) is 3.94. The van der Waals surface area contributed by atoms with E-state index in [0.29, 0.717) is 11.3 Å². The molecular formula is C9H13N3O6S2. The molecule has 1 aromatic heterocycles. The Hall–Kier alpha value is -1.72. The number of nitrogens with one attached hydrogen (secondary N) is 2. The summed E-state index contributed by atoms with van der Waals surface area (Å²) >= 11 is 0.453. The second kappa shape index (κ2) is 6.15. The molecule has 5 N–H and O–H groups in total. The first-order chi connectivity index (χ1) is 9.13. The molecule has 1 aromatic rings. The molecule has 20 heavy (non-hydrogen) atoms. The number of rotatable bonds is 7. The maximum atomic E-state index is 12.0. The van der Waals surface area contributed by atoms with Gasteiger partial charge in [-0.3, -0.25) is 14.4 Å². The van der Waals surface area contributed by atoms with Crippen LogP contribution < -0.4 is 15.3 Å². The highest BCUT2D eigenvalue weighted by atomic mass is 32.2. The first-order valence-corrected chi connectivity index (χ1v) is 7.66. The number of aliphatic carboxylic acids is 1. The van der Waals surface area contributed by atoms with Crippen LogP contribution in [0.3, 0.4) is 0 Å². The maximum absolute atomic E-state index is 12.0. The van der Waals surface area contributed by atoms with Crippen LogP contribution in [0.1, 0.15) is 18.5 Å². The number of hydrogen-bond acceptors (Lipinski definition) is 6. The number of aromatic amines is 1. The predicted octanol–water partition coefficient (Wildman–Crippen LogP) is -1.26. The minimum Gasteiger partial charge on any atom is -0.480 e. The highest BCUT2D eigenvalue weighted by Gasteiger charge is 2.28. The van der Waals surface area contributed by atoms with Gasteiger partial charge in [0.1, 0.15) is 6.04 Å². The largest absolute Gasteiger partial charge is 0.480 e. The highest BCUT2D eigenvalue weighted by Crippen LogP contribution is 2.16. The van der Waals surface area contributed by atoms with E-state index in [4.69, 9.17) is 10.8 Å². The summed E-state index contributed by atoms with van der Waals surface area (Å²) in [4.78, 5) is 34.4. The molecule has 0 saturated heterocycles. The minimum absolute atomic E-state index is 0.117. The predicted molar refractivity (Wildman–Crippen MR) is 69.9 cm³/mol. The van der Waals surface area contributed by atoms with Gasteiger partial charge in [-0.15, -0.1) is 0 Å². The van der Waals surface area contributed by atoms with Gasteiger partial charge < -0.3 is 15.8 Å². The molecule has 0 radical (unpaired) electrons. The number of aryl methyl sites for hydroxylation is 1. The number of sulfonamides is 1. The minimum atomic E-state index is -4.16. The van der Waals surface area contributed by atoms with Crippen LogP contribution in [-0.2, 0) is 19.6 Å². The first-order valence-electron chi connectivity index (χ1n) is 5.36. The van der Waals surface area contributed by atoms with Gasteiger partial charge in [0.15, 0.2) is 4.21 Å². The fraction of sp³-hybridized carbons (Fsp3) is 0.444. The standard InChI is InChI=1S/C9H13N3O6S2/c1-4-8(19-9(16)11-4)20(17,18)12-5(7(14)15)2-3-6(10)13/h5,12H,2-3H2,1H3,(H2,10,13)(H,11,16)(H,14,15). The van der Waals surface area contributed by atoms with Crippen molar-refractivity contribution in [1.29, 1.82) is 0 Å². The van der Waals surface area contributed by atoms with Crippen LogP contribution in [0.25, 0.3) is 0 Å². The van der Waals surface area contributed by atoms with E-state index < -0.39 is 32.8 Å². The lowest BCUT2D eigenvalue weighted by molar-refractivity contribution is -0.139. The Kier molecular flexibility index (Phi) is 5.03. The third-order valence-electron chi connectivity index (χ3n) is 2.30. The van der Waals surface area contributed by atoms with Gasteiger partial charge in [-0.2, -0.15) is 4.72 Å². The zero-order valence-corrected chi connectivity index (χ0v) is 12.0. The van der Waals surface area contributed by atoms with E-state index >= 15 is 0 Å². The van der Waals surface area contributed by atoms with Crippen molar-refractivity contribution in [3.05, 3.63) is 15.4 Å². The summed E-state index contributed by atoms with van der Waals surface area (Å²) in [5, 5.41) is 8.93. The Morgan fingerprint density at radius 1 is 1.50 bits per heavy atom. The lowest BCUT2D eigenvalue weighted by Crippen LogP contribution is -2.41. The Bertz CT molecular complexity index is 674. The van der Waals surface area contributed by atoms with E-state index in [-0.39, 0.29) is 22.7 Å². The monoisotopic (exact) mass is 323 g/mol. The molecule has 1 rings (SSSR count). The fourth-order valence-corrected chi connectivity index (χ4v) is 3.95. The smallest absolute Gasteiger partial charge is 0.321 e. The molecule has 0 bridgehead atoms. The summed E-state index contributed by atoms with van der Waals surface area (Å²) in [5.41, 5.74) is 5.01. The van der Waals surface area contributed by atoms with Crippen molar-refractivity contribution in [3.8, 4) is 0 Å². The van der Waals surface area contributed by atoms with Crippen LogP contribution in [0.15, 0.2) is 9.00 Å². The van der Waals surface area contributed by atoms with E-state index in [2.05, 4.69) is 4.98 Å². The molecule has 0 spiro atoms. The summed E-state index contributed by atoms with van der Waals surface area (Å²) in [6.45, 7) is 1.38. The topological polar surface area (TPSA) is 159 Å². The van der Waals surface area contributed by atoms with Gasteiger partial charge in [-0.25, -0.2) is 8.42 Å². The molecule has 1 unspecified atom stereocenters. The lowest BCUT2D eigenvalue weighted by atomic mass is 10.2. The van der Waals surface area contributed by atoms with Gasteiger partial charge in [0, 0.05) is 12.1 Å². The number of carbonyl (C=O) groups excluding carboxylic acids is 1. The van der Waals surface area contributed by atoms with Gasteiger partial charge >= 0.3 is 10.8 Å². The summed E-state index contributed by atoms with van der Waals surface area (Å²) < 4.78 is 25.6. The molecule has 0 aliphatic rings. The van der Waals surface area contributed by atoms with Crippen molar-refractivity contribution in [2.45, 2.75) is 30.0 Å². The quantitative estimate of drug-likeness (QED) is 0.490. The molecule has 9 nitrogen and oxygen atoms in total. The number of carboxylic acid groups (broad SMARTS) is 1. The molecule has 0 aliphatic carbocycles. The summed E-state index contributed by atoms with van der Waals surface area (Å²) in [5.74, 6) is -2.17. The summed E-state index contributed by atoms with van der Waals surface area (Å²) in [7, 11) is -4.16. The number of amides is 1. The third kappa shape index (κ3) is 4.15. The number of primary amides is 1. The van der Waals surface area contributed by atoms with Crippen molar-refractivity contribution in [2.24, 2.45) is 5.73 Å². The van der Waals surface area contributed by atoms with Crippen molar-refractivity contribution >= 4 is 33.2 Å². The number of carboxylic acids is 1. The normalized spacial score (nSPS) is 13.1. The third-order valence-corrected chi connectivity index (χ3v) is 5.38. The number of H-pyrrole nitrogens is 1. The van der Waals surface area contributed by atoms with Crippen molar-refractivity contribution in [3.63, 3.8) is 0 Å². The van der Waals surface area contributed by atoms with Crippen LogP contribution >= 0.6 is 11.3 Å². The molecule has 1 heterocycles. The lowest BCUT2D eigenvalue weighted by Gasteiger charge is -2.13. The average molecular weight is 323 g/mol. The Morgan fingerprint density at radius 2 is 2.10 bits per heavy atom. The second-order valence-corrected chi connectivity index (χ2v) is 6.84. The van der Waals surface area contributed by atoms with E-state index in [9.17, 15) is 22.8 Å². The molecule has 1 atom stereocenters. The molecule has 112 valence electrons. The number of hydrogen-bond donors (Lipinski definition) is 4. The SMILES string of the molecule is Cc1[nH]c(=O)sc1S(=O)(=O)NC(CCC(N)=O)C(=O)O. The molecule has 11 heteroatoms. The maximum Gasteiger partial charge on any atom is 0.321 e. The molecule has 0 aliphatic heterocycles. The van der Waals surface area contributed by atoms with Crippen LogP contribution in [0.4, 0.5) is 0 Å². The van der Waals surface area contributed by atoms with E-state index in [1.54, 1.807) is 0 Å². The van der Waals surface area contributed by atoms with Crippen LogP contribution in [-0.4, -0.2) is 36.4 Å². The number of carbonyl (C=O) groups is 2. The van der Waals surface area contributed by atoms with E-state index in [1.807, 2.05) is 4.72 Å². The van der Waals surface area contributed by atoms with Crippen molar-refractivity contribution in [2.75, 3.05) is 0 Å². The Morgan fingerprint density at radius 3 is 2.50 bits per heavy atom. The van der Waals surface area contributed by atoms with Crippen LogP contribution in [0.5, 0.6) is 0 Å². The van der Waals surface area contributed by atoms with Gasteiger partial charge in [-0.1, -0.05) is 11.3 Å². The fourth-order valence-electron chi connectivity index (χ4n) is 1.41. The molecular weight excluding hydrogens is 310 g/mol. The zero-order valence-electron chi connectivity index (χ0n) is 10.4. The van der Waals surface area contributed by atoms with E-state index in [1.165, 1.54) is 6.92 Å². The van der Waals surface area contributed by atoms with Gasteiger partial charge in [-0.05, 0) is 13.3 Å². The molecule has 0 fully saturated rings.